The monoisotopic (exact) mass is 319 g/mol. The highest BCUT2D eigenvalue weighted by Crippen LogP contribution is 2.20. The van der Waals surface area contributed by atoms with Crippen LogP contribution in [0.4, 0.5) is 0 Å². The molecular formula is C15H17N3O3S. The summed E-state index contributed by atoms with van der Waals surface area (Å²) in [6, 6.07) is 9.24. The van der Waals surface area contributed by atoms with Crippen LogP contribution in [-0.2, 0) is 16.1 Å². The average molecular weight is 319 g/mol. The van der Waals surface area contributed by atoms with Gasteiger partial charge in [-0.2, -0.15) is 0 Å². The Kier molecular flexibility index (Phi) is 5.24. The molecule has 1 amide bonds. The molecular weight excluding hydrogens is 302 g/mol. The van der Waals surface area contributed by atoms with Gasteiger partial charge in [-0.3, -0.25) is 10.1 Å². The molecule has 1 aromatic carbocycles. The number of ether oxygens (including phenoxy) is 1. The molecule has 1 atom stereocenters. The SMILES string of the molecule is CCOC(C=O)Cn1c(C(=O)NC(N)=S)cc2ccccc21. The smallest absolute Gasteiger partial charge is 0.274 e. The molecule has 0 radical (unpaired) electrons. The number of hydrogen-bond acceptors (Lipinski definition) is 4. The normalized spacial score (nSPS) is 12.0. The number of nitrogens with zero attached hydrogens (tertiary/aromatic N) is 1. The molecule has 2 aromatic rings. The van der Waals surface area contributed by atoms with E-state index in [0.29, 0.717) is 12.3 Å². The highest BCUT2D eigenvalue weighted by molar-refractivity contribution is 7.80. The van der Waals surface area contributed by atoms with E-state index in [4.69, 9.17) is 22.7 Å². The van der Waals surface area contributed by atoms with E-state index in [1.54, 1.807) is 10.6 Å². The maximum atomic E-state index is 12.2. The molecule has 1 aromatic heterocycles. The van der Waals surface area contributed by atoms with Crippen LogP contribution in [0.25, 0.3) is 10.9 Å². The Morgan fingerprint density at radius 2 is 2.23 bits per heavy atom. The van der Waals surface area contributed by atoms with E-state index in [1.807, 2.05) is 31.2 Å². The van der Waals surface area contributed by atoms with Gasteiger partial charge in [0.25, 0.3) is 5.91 Å². The van der Waals surface area contributed by atoms with Crippen molar-refractivity contribution in [2.75, 3.05) is 6.61 Å². The molecule has 0 spiro atoms. The number of rotatable bonds is 6. The topological polar surface area (TPSA) is 86.3 Å². The third kappa shape index (κ3) is 3.49. The number of fused-ring (bicyclic) bond motifs is 1. The molecule has 116 valence electrons. The molecule has 2 rings (SSSR count). The lowest BCUT2D eigenvalue weighted by molar-refractivity contribution is -0.118. The minimum absolute atomic E-state index is 0.0986. The van der Waals surface area contributed by atoms with Crippen LogP contribution in [0.1, 0.15) is 17.4 Å². The first-order chi connectivity index (χ1) is 10.6. The zero-order valence-electron chi connectivity index (χ0n) is 12.1. The number of aromatic nitrogens is 1. The molecule has 0 fully saturated rings. The minimum atomic E-state index is -0.628. The fourth-order valence-electron chi connectivity index (χ4n) is 2.30. The summed E-state index contributed by atoms with van der Waals surface area (Å²) in [5.74, 6) is -0.412. The van der Waals surface area contributed by atoms with Crippen molar-refractivity contribution in [1.29, 1.82) is 0 Å². The lowest BCUT2D eigenvalue weighted by Crippen LogP contribution is -2.36. The molecule has 0 saturated carbocycles. The van der Waals surface area contributed by atoms with Crippen molar-refractivity contribution >= 4 is 40.4 Å². The first-order valence-corrected chi connectivity index (χ1v) is 7.23. The van der Waals surface area contributed by atoms with Crippen molar-refractivity contribution in [3.8, 4) is 0 Å². The van der Waals surface area contributed by atoms with Crippen molar-refractivity contribution in [3.63, 3.8) is 0 Å². The van der Waals surface area contributed by atoms with Gasteiger partial charge < -0.3 is 19.8 Å². The number of nitrogens with one attached hydrogen (secondary N) is 1. The van der Waals surface area contributed by atoms with Crippen molar-refractivity contribution in [2.24, 2.45) is 5.73 Å². The van der Waals surface area contributed by atoms with Gasteiger partial charge in [0.05, 0.1) is 6.54 Å². The number of thiocarbonyl (C=S) groups is 1. The lowest BCUT2D eigenvalue weighted by atomic mass is 10.2. The Labute approximate surface area is 133 Å². The first kappa shape index (κ1) is 16.1. The summed E-state index contributed by atoms with van der Waals surface area (Å²) in [6.45, 7) is 2.46. The van der Waals surface area contributed by atoms with Crippen LogP contribution in [-0.4, -0.2) is 34.6 Å². The van der Waals surface area contributed by atoms with Crippen molar-refractivity contribution < 1.29 is 14.3 Å². The van der Waals surface area contributed by atoms with Gasteiger partial charge in [0.1, 0.15) is 11.8 Å². The molecule has 0 aliphatic carbocycles. The fourth-order valence-corrected chi connectivity index (χ4v) is 2.39. The first-order valence-electron chi connectivity index (χ1n) is 6.82. The zero-order valence-corrected chi connectivity index (χ0v) is 12.9. The highest BCUT2D eigenvalue weighted by atomic mass is 32.1. The van der Waals surface area contributed by atoms with E-state index in [2.05, 4.69) is 5.32 Å². The van der Waals surface area contributed by atoms with E-state index in [1.165, 1.54) is 0 Å². The van der Waals surface area contributed by atoms with Crippen LogP contribution >= 0.6 is 12.2 Å². The number of hydrogen-bond donors (Lipinski definition) is 2. The molecule has 0 aliphatic rings. The highest BCUT2D eigenvalue weighted by Gasteiger charge is 2.19. The van der Waals surface area contributed by atoms with Crippen LogP contribution in [0, 0.1) is 0 Å². The molecule has 0 aliphatic heterocycles. The van der Waals surface area contributed by atoms with Crippen molar-refractivity contribution in [2.45, 2.75) is 19.6 Å². The van der Waals surface area contributed by atoms with Gasteiger partial charge in [-0.25, -0.2) is 0 Å². The second kappa shape index (κ2) is 7.15. The van der Waals surface area contributed by atoms with Crippen LogP contribution in [0.15, 0.2) is 30.3 Å². The molecule has 1 unspecified atom stereocenters. The minimum Gasteiger partial charge on any atom is -0.376 e. The Hall–Kier alpha value is -2.25. The Balaban J connectivity index is 2.46. The molecule has 3 N–H and O–H groups in total. The van der Waals surface area contributed by atoms with E-state index in [-0.39, 0.29) is 11.7 Å². The van der Waals surface area contributed by atoms with Gasteiger partial charge >= 0.3 is 0 Å². The summed E-state index contributed by atoms with van der Waals surface area (Å²) < 4.78 is 7.09. The number of carbonyl (C=O) groups excluding carboxylic acids is 2. The second-order valence-corrected chi connectivity index (χ2v) is 5.09. The number of para-hydroxylation sites is 1. The maximum absolute atomic E-state index is 12.2. The van der Waals surface area contributed by atoms with Crippen LogP contribution < -0.4 is 11.1 Å². The molecule has 7 heteroatoms. The summed E-state index contributed by atoms with van der Waals surface area (Å²) in [7, 11) is 0. The van der Waals surface area contributed by atoms with Gasteiger partial charge in [-0.05, 0) is 31.3 Å². The summed E-state index contributed by atoms with van der Waals surface area (Å²) in [5.41, 5.74) is 6.57. The molecule has 1 heterocycles. The summed E-state index contributed by atoms with van der Waals surface area (Å²) in [4.78, 5) is 23.4. The fraction of sp³-hybridized carbons (Fsp3) is 0.267. The maximum Gasteiger partial charge on any atom is 0.274 e. The van der Waals surface area contributed by atoms with E-state index in [9.17, 15) is 9.59 Å². The van der Waals surface area contributed by atoms with E-state index >= 15 is 0 Å². The lowest BCUT2D eigenvalue weighted by Gasteiger charge is -2.15. The van der Waals surface area contributed by atoms with E-state index < -0.39 is 12.0 Å². The molecule has 22 heavy (non-hydrogen) atoms. The summed E-state index contributed by atoms with van der Waals surface area (Å²) >= 11 is 4.70. The predicted molar refractivity (Wildman–Crippen MR) is 87.7 cm³/mol. The number of amides is 1. The standard InChI is InChI=1S/C15H17N3O3S/c1-2-21-11(9-19)8-18-12-6-4-3-5-10(12)7-13(18)14(20)17-15(16)22/h3-7,9,11H,2,8H2,1H3,(H3,16,17,20,22). The summed E-state index contributed by atoms with van der Waals surface area (Å²) in [5, 5.41) is 3.19. The van der Waals surface area contributed by atoms with Gasteiger partial charge in [0, 0.05) is 17.5 Å². The number of benzene rings is 1. The molecule has 0 saturated heterocycles. The van der Waals surface area contributed by atoms with Gasteiger partial charge in [-0.1, -0.05) is 18.2 Å². The number of carbonyl (C=O) groups is 2. The Morgan fingerprint density at radius 3 is 2.86 bits per heavy atom. The van der Waals surface area contributed by atoms with Crippen LogP contribution in [0.5, 0.6) is 0 Å². The van der Waals surface area contributed by atoms with Crippen molar-refractivity contribution in [1.82, 2.24) is 9.88 Å². The zero-order chi connectivity index (χ0) is 16.1. The Bertz CT molecular complexity index is 711. The van der Waals surface area contributed by atoms with Crippen molar-refractivity contribution in [3.05, 3.63) is 36.0 Å². The van der Waals surface area contributed by atoms with Gasteiger partial charge in [0.2, 0.25) is 0 Å². The second-order valence-electron chi connectivity index (χ2n) is 4.65. The molecule has 6 nitrogen and oxygen atoms in total. The molecule has 0 bridgehead atoms. The quantitative estimate of drug-likeness (QED) is 0.617. The number of nitrogens with two attached hydrogens (primary N) is 1. The average Bonchev–Trinajstić information content (AvgIpc) is 2.85. The Morgan fingerprint density at radius 1 is 1.50 bits per heavy atom. The number of aldehydes is 1. The largest absolute Gasteiger partial charge is 0.376 e. The van der Waals surface area contributed by atoms with E-state index in [0.717, 1.165) is 17.2 Å². The van der Waals surface area contributed by atoms with Crippen LogP contribution in [0.3, 0.4) is 0 Å². The van der Waals surface area contributed by atoms with Gasteiger partial charge in [-0.15, -0.1) is 0 Å². The van der Waals surface area contributed by atoms with Crippen LogP contribution in [0.2, 0.25) is 0 Å². The third-order valence-electron chi connectivity index (χ3n) is 3.17. The van der Waals surface area contributed by atoms with Gasteiger partial charge in [0.15, 0.2) is 11.4 Å². The predicted octanol–water partition coefficient (Wildman–Crippen LogP) is 1.22. The third-order valence-corrected chi connectivity index (χ3v) is 3.28. The summed E-state index contributed by atoms with van der Waals surface area (Å²) in [6.07, 6.45) is 0.102.